The lowest BCUT2D eigenvalue weighted by Crippen LogP contribution is -2.56. The van der Waals surface area contributed by atoms with Crippen molar-refractivity contribution in [2.45, 2.75) is 44.2 Å². The number of carboxylic acid groups (broad SMARTS) is 1. The molecule has 1 aromatic rings. The summed E-state index contributed by atoms with van der Waals surface area (Å²) in [5, 5.41) is 9.63. The highest BCUT2D eigenvalue weighted by Crippen LogP contribution is 2.34. The van der Waals surface area contributed by atoms with Crippen LogP contribution in [0.2, 0.25) is 0 Å². The Kier molecular flexibility index (Phi) is 5.34. The van der Waals surface area contributed by atoms with Gasteiger partial charge in [0.25, 0.3) is 5.91 Å². The van der Waals surface area contributed by atoms with Crippen molar-refractivity contribution in [1.29, 1.82) is 0 Å². The Balaban J connectivity index is 2.15. The lowest BCUT2D eigenvalue weighted by Gasteiger charge is -2.40. The van der Waals surface area contributed by atoms with Crippen LogP contribution in [0.4, 0.5) is 0 Å². The minimum absolute atomic E-state index is 0.00556. The van der Waals surface area contributed by atoms with E-state index in [0.29, 0.717) is 12.8 Å². The minimum Gasteiger partial charge on any atom is -0.479 e. The number of rotatable bonds is 6. The van der Waals surface area contributed by atoms with E-state index in [9.17, 15) is 23.1 Å². The van der Waals surface area contributed by atoms with Crippen LogP contribution in [-0.2, 0) is 21.4 Å². The molecule has 1 fully saturated rings. The van der Waals surface area contributed by atoms with E-state index in [1.807, 2.05) is 0 Å². The van der Waals surface area contributed by atoms with E-state index in [1.165, 1.54) is 24.1 Å². The van der Waals surface area contributed by atoms with Gasteiger partial charge in [0, 0.05) is 7.05 Å². The summed E-state index contributed by atoms with van der Waals surface area (Å²) in [5.74, 6) is -1.26. The quantitative estimate of drug-likeness (QED) is 0.789. The van der Waals surface area contributed by atoms with E-state index in [4.69, 9.17) is 4.42 Å². The van der Waals surface area contributed by atoms with Crippen LogP contribution in [0.3, 0.4) is 0 Å². The summed E-state index contributed by atoms with van der Waals surface area (Å²) in [6.45, 7) is -0.0695. The van der Waals surface area contributed by atoms with Crippen molar-refractivity contribution in [2.75, 3.05) is 13.3 Å². The van der Waals surface area contributed by atoms with E-state index in [1.54, 1.807) is 0 Å². The van der Waals surface area contributed by atoms with Crippen LogP contribution < -0.4 is 4.72 Å². The summed E-state index contributed by atoms with van der Waals surface area (Å²) in [5.41, 5.74) is -1.21. The summed E-state index contributed by atoms with van der Waals surface area (Å²) in [6, 6.07) is 2.92. The average Bonchev–Trinajstić information content (AvgIpc) is 3.00. The molecule has 0 aromatic carbocycles. The number of carbonyl (C=O) groups excluding carboxylic acids is 1. The summed E-state index contributed by atoms with van der Waals surface area (Å²) >= 11 is 0. The number of likely N-dealkylation sites (N-methyl/N-ethyl adjacent to an activating group) is 1. The summed E-state index contributed by atoms with van der Waals surface area (Å²) < 4.78 is 29.8. The van der Waals surface area contributed by atoms with E-state index in [0.717, 1.165) is 25.5 Å². The Bertz CT molecular complexity index is 718. The van der Waals surface area contributed by atoms with Gasteiger partial charge in [-0.1, -0.05) is 19.3 Å². The largest absolute Gasteiger partial charge is 0.479 e. The lowest BCUT2D eigenvalue weighted by molar-refractivity contribution is -0.151. The molecule has 0 bridgehead atoms. The van der Waals surface area contributed by atoms with Crippen LogP contribution in [-0.4, -0.2) is 49.1 Å². The predicted octanol–water partition coefficient (Wildman–Crippen LogP) is 1.19. The number of sulfonamides is 1. The standard InChI is InChI=1S/C15H22N2O6S/c1-17(15(14(19)20)8-4-3-5-9-15)13(18)12-7-6-11(23-12)10-16-24(2,21)22/h6-7,16H,3-5,8-10H2,1-2H3,(H,19,20). The number of aliphatic carboxylic acids is 1. The monoisotopic (exact) mass is 358 g/mol. The van der Waals surface area contributed by atoms with Crippen LogP contribution in [0.15, 0.2) is 16.5 Å². The highest BCUT2D eigenvalue weighted by atomic mass is 32.2. The first kappa shape index (κ1) is 18.5. The second-order valence-corrected chi connectivity index (χ2v) is 7.95. The number of hydrogen-bond acceptors (Lipinski definition) is 5. The third kappa shape index (κ3) is 3.96. The highest BCUT2D eigenvalue weighted by Gasteiger charge is 2.46. The molecule has 134 valence electrons. The van der Waals surface area contributed by atoms with Gasteiger partial charge in [0.15, 0.2) is 5.76 Å². The van der Waals surface area contributed by atoms with Gasteiger partial charge in [0.05, 0.1) is 12.8 Å². The zero-order chi connectivity index (χ0) is 18.0. The fraction of sp³-hybridized carbons (Fsp3) is 0.600. The SMILES string of the molecule is CN(C(=O)c1ccc(CNS(C)(=O)=O)o1)C1(C(=O)O)CCCCC1. The van der Waals surface area contributed by atoms with Gasteiger partial charge in [0.1, 0.15) is 11.3 Å². The Morgan fingerprint density at radius 2 is 1.92 bits per heavy atom. The number of nitrogens with zero attached hydrogens (tertiary/aromatic N) is 1. The lowest BCUT2D eigenvalue weighted by atomic mass is 9.80. The third-order valence-corrected chi connectivity index (χ3v) is 5.08. The van der Waals surface area contributed by atoms with Crippen LogP contribution >= 0.6 is 0 Å². The van der Waals surface area contributed by atoms with Gasteiger partial charge >= 0.3 is 5.97 Å². The number of amides is 1. The number of nitrogens with one attached hydrogen (secondary N) is 1. The van der Waals surface area contributed by atoms with Gasteiger partial charge in [-0.2, -0.15) is 0 Å². The highest BCUT2D eigenvalue weighted by molar-refractivity contribution is 7.88. The molecule has 1 aliphatic rings. The third-order valence-electron chi connectivity index (χ3n) is 4.41. The Labute approximate surface area is 140 Å². The minimum atomic E-state index is -3.37. The molecule has 2 N–H and O–H groups in total. The van der Waals surface area contributed by atoms with E-state index in [-0.39, 0.29) is 18.1 Å². The molecule has 0 saturated heterocycles. The molecule has 1 heterocycles. The van der Waals surface area contributed by atoms with Gasteiger partial charge in [-0.05, 0) is 25.0 Å². The molecule has 2 rings (SSSR count). The van der Waals surface area contributed by atoms with Crippen molar-refractivity contribution in [3.63, 3.8) is 0 Å². The fourth-order valence-corrected chi connectivity index (χ4v) is 3.38. The normalized spacial score (nSPS) is 17.4. The Morgan fingerprint density at radius 3 is 2.46 bits per heavy atom. The van der Waals surface area contributed by atoms with E-state index in [2.05, 4.69) is 4.72 Å². The maximum atomic E-state index is 12.6. The molecule has 8 nitrogen and oxygen atoms in total. The van der Waals surface area contributed by atoms with Crippen LogP contribution in [0, 0.1) is 0 Å². The zero-order valence-electron chi connectivity index (χ0n) is 13.7. The van der Waals surface area contributed by atoms with Crippen molar-refractivity contribution in [1.82, 2.24) is 9.62 Å². The Hall–Kier alpha value is -1.87. The van der Waals surface area contributed by atoms with Crippen molar-refractivity contribution in [3.05, 3.63) is 23.7 Å². The van der Waals surface area contributed by atoms with Crippen LogP contribution in [0.5, 0.6) is 0 Å². The first-order valence-electron chi connectivity index (χ1n) is 7.71. The van der Waals surface area contributed by atoms with Gasteiger partial charge < -0.3 is 14.4 Å². The zero-order valence-corrected chi connectivity index (χ0v) is 14.6. The smallest absolute Gasteiger partial charge is 0.329 e. The molecule has 0 unspecified atom stereocenters. The van der Waals surface area contributed by atoms with Gasteiger partial charge in [-0.15, -0.1) is 0 Å². The molecule has 1 aliphatic carbocycles. The van der Waals surface area contributed by atoms with Gasteiger partial charge in [-0.25, -0.2) is 17.9 Å². The van der Waals surface area contributed by atoms with Crippen molar-refractivity contribution < 1.29 is 27.5 Å². The van der Waals surface area contributed by atoms with Crippen LogP contribution in [0.1, 0.15) is 48.4 Å². The molecule has 24 heavy (non-hydrogen) atoms. The van der Waals surface area contributed by atoms with Gasteiger partial charge in [0.2, 0.25) is 10.0 Å². The van der Waals surface area contributed by atoms with Crippen molar-refractivity contribution in [3.8, 4) is 0 Å². The maximum absolute atomic E-state index is 12.6. The van der Waals surface area contributed by atoms with Gasteiger partial charge in [-0.3, -0.25) is 4.79 Å². The average molecular weight is 358 g/mol. The second-order valence-electron chi connectivity index (χ2n) is 6.12. The molecule has 1 saturated carbocycles. The first-order chi connectivity index (χ1) is 11.2. The maximum Gasteiger partial charge on any atom is 0.329 e. The summed E-state index contributed by atoms with van der Waals surface area (Å²) in [6.07, 6.45) is 4.31. The van der Waals surface area contributed by atoms with Crippen LogP contribution in [0.25, 0.3) is 0 Å². The summed E-state index contributed by atoms with van der Waals surface area (Å²) in [7, 11) is -1.90. The molecule has 0 radical (unpaired) electrons. The molecule has 0 atom stereocenters. The number of furan rings is 1. The summed E-state index contributed by atoms with van der Waals surface area (Å²) in [4.78, 5) is 25.6. The molecule has 1 amide bonds. The molecule has 0 aliphatic heterocycles. The second kappa shape index (κ2) is 6.94. The number of hydrogen-bond donors (Lipinski definition) is 2. The fourth-order valence-electron chi connectivity index (χ4n) is 2.98. The van der Waals surface area contributed by atoms with Crippen molar-refractivity contribution in [2.24, 2.45) is 0 Å². The first-order valence-corrected chi connectivity index (χ1v) is 9.60. The number of carboxylic acids is 1. The molecular weight excluding hydrogens is 336 g/mol. The number of carbonyl (C=O) groups is 2. The Morgan fingerprint density at radius 1 is 1.29 bits per heavy atom. The topological polar surface area (TPSA) is 117 Å². The molecule has 1 aromatic heterocycles. The molecular formula is C15H22N2O6S. The van der Waals surface area contributed by atoms with Crippen molar-refractivity contribution >= 4 is 21.9 Å². The van der Waals surface area contributed by atoms with E-state index < -0.39 is 27.4 Å². The predicted molar refractivity (Wildman–Crippen MR) is 85.9 cm³/mol. The molecule has 0 spiro atoms. The molecule has 9 heteroatoms. The van der Waals surface area contributed by atoms with E-state index >= 15 is 0 Å².